The second kappa shape index (κ2) is 7.68. The molecule has 0 bridgehead atoms. The van der Waals surface area contributed by atoms with E-state index in [-0.39, 0.29) is 24.3 Å². The Bertz CT molecular complexity index is 626. The minimum atomic E-state index is -1.40. The predicted octanol–water partition coefficient (Wildman–Crippen LogP) is 2.34. The van der Waals surface area contributed by atoms with E-state index in [1.165, 1.54) is 21.1 Å². The molecule has 2 rings (SSSR count). The van der Waals surface area contributed by atoms with Crippen LogP contribution in [-0.2, 0) is 23.9 Å². The summed E-state index contributed by atoms with van der Waals surface area (Å²) in [7, 11) is 2.49. The highest BCUT2D eigenvalue weighted by atomic mass is 16.5. The molecule has 0 aromatic heterocycles. The fraction of sp³-hybridized carbons (Fsp3) is 0.526. The summed E-state index contributed by atoms with van der Waals surface area (Å²) in [5, 5.41) is 0. The van der Waals surface area contributed by atoms with Crippen LogP contribution in [0.1, 0.15) is 38.3 Å². The Kier molecular flexibility index (Phi) is 5.82. The molecule has 6 heteroatoms. The van der Waals surface area contributed by atoms with Crippen LogP contribution in [0, 0.1) is 11.3 Å². The average molecular weight is 347 g/mol. The van der Waals surface area contributed by atoms with Crippen molar-refractivity contribution in [1.29, 1.82) is 0 Å². The molecule has 2 unspecified atom stereocenters. The number of benzene rings is 1. The molecule has 0 spiro atoms. The number of esters is 2. The summed E-state index contributed by atoms with van der Waals surface area (Å²) in [5.41, 5.74) is -0.347. The number of carbonyl (C=O) groups excluding carboxylic acids is 3. The summed E-state index contributed by atoms with van der Waals surface area (Å²) in [6.07, 6.45) is 0.525. The van der Waals surface area contributed by atoms with Gasteiger partial charge in [0.1, 0.15) is 0 Å². The van der Waals surface area contributed by atoms with Crippen LogP contribution in [0.25, 0.3) is 0 Å². The van der Waals surface area contributed by atoms with E-state index >= 15 is 0 Å². The van der Waals surface area contributed by atoms with Gasteiger partial charge in [-0.2, -0.15) is 0 Å². The first kappa shape index (κ1) is 19.0. The van der Waals surface area contributed by atoms with Crippen molar-refractivity contribution in [2.75, 3.05) is 20.8 Å². The van der Waals surface area contributed by atoms with Crippen LogP contribution in [-0.4, -0.2) is 43.5 Å². The summed E-state index contributed by atoms with van der Waals surface area (Å²) in [6, 6.07) is 9.73. The minimum absolute atomic E-state index is 0.0263. The number of hydrogen-bond acceptors (Lipinski definition) is 5. The topological polar surface area (TPSA) is 72.9 Å². The van der Waals surface area contributed by atoms with Gasteiger partial charge in [-0.1, -0.05) is 30.3 Å². The number of carbonyl (C=O) groups is 3. The molecule has 1 aromatic carbocycles. The molecular weight excluding hydrogens is 322 g/mol. The van der Waals surface area contributed by atoms with Gasteiger partial charge in [0.15, 0.2) is 5.41 Å². The van der Waals surface area contributed by atoms with E-state index in [1.807, 2.05) is 37.3 Å². The van der Waals surface area contributed by atoms with Gasteiger partial charge in [0, 0.05) is 13.0 Å². The maximum atomic E-state index is 12.5. The zero-order valence-electron chi connectivity index (χ0n) is 15.2. The largest absolute Gasteiger partial charge is 0.468 e. The number of hydrogen-bond donors (Lipinski definition) is 0. The van der Waals surface area contributed by atoms with E-state index in [4.69, 9.17) is 9.47 Å². The highest BCUT2D eigenvalue weighted by Gasteiger charge is 2.47. The van der Waals surface area contributed by atoms with Gasteiger partial charge in [0.05, 0.1) is 20.3 Å². The fourth-order valence-corrected chi connectivity index (χ4v) is 3.51. The average Bonchev–Trinajstić information content (AvgIpc) is 2.99. The first-order valence-corrected chi connectivity index (χ1v) is 8.34. The molecule has 1 aromatic rings. The quantitative estimate of drug-likeness (QED) is 0.583. The fourth-order valence-electron chi connectivity index (χ4n) is 3.51. The van der Waals surface area contributed by atoms with Crippen LogP contribution in [0.2, 0.25) is 0 Å². The first-order chi connectivity index (χ1) is 11.8. The van der Waals surface area contributed by atoms with Crippen molar-refractivity contribution in [2.45, 2.75) is 32.7 Å². The van der Waals surface area contributed by atoms with Crippen molar-refractivity contribution < 1.29 is 23.9 Å². The molecule has 1 fully saturated rings. The zero-order valence-corrected chi connectivity index (χ0v) is 15.2. The van der Waals surface area contributed by atoms with Gasteiger partial charge in [-0.3, -0.25) is 14.4 Å². The normalized spacial score (nSPS) is 18.8. The van der Waals surface area contributed by atoms with E-state index in [2.05, 4.69) is 0 Å². The van der Waals surface area contributed by atoms with Crippen LogP contribution in [0.4, 0.5) is 0 Å². The minimum Gasteiger partial charge on any atom is -0.468 e. The van der Waals surface area contributed by atoms with Gasteiger partial charge in [-0.25, -0.2) is 0 Å². The molecule has 6 nitrogen and oxygen atoms in total. The lowest BCUT2D eigenvalue weighted by atomic mass is 9.80. The number of ether oxygens (including phenoxy) is 2. The smallest absolute Gasteiger partial charge is 0.322 e. The first-order valence-electron chi connectivity index (χ1n) is 8.34. The highest BCUT2D eigenvalue weighted by molar-refractivity contribution is 5.99. The van der Waals surface area contributed by atoms with E-state index in [9.17, 15) is 14.4 Å². The summed E-state index contributed by atoms with van der Waals surface area (Å²) in [4.78, 5) is 38.5. The van der Waals surface area contributed by atoms with E-state index in [1.54, 1.807) is 4.90 Å². The standard InChI is InChI=1S/C19H25NO5/c1-13(15-8-6-5-7-9-15)20-12-14(10-16(20)21)11-19(2,17(22)24-3)18(23)25-4/h5-9,13-14H,10-12H2,1-4H3. The van der Waals surface area contributed by atoms with Crippen LogP contribution in [0.5, 0.6) is 0 Å². The molecule has 1 aliphatic rings. The third-order valence-electron chi connectivity index (χ3n) is 4.96. The Hall–Kier alpha value is -2.37. The van der Waals surface area contributed by atoms with Gasteiger partial charge >= 0.3 is 11.9 Å². The molecule has 0 radical (unpaired) electrons. The van der Waals surface area contributed by atoms with Crippen molar-refractivity contribution in [3.63, 3.8) is 0 Å². The molecule has 136 valence electrons. The van der Waals surface area contributed by atoms with Gasteiger partial charge in [-0.05, 0) is 31.7 Å². The number of likely N-dealkylation sites (tertiary alicyclic amines) is 1. The Morgan fingerprint density at radius 2 is 1.76 bits per heavy atom. The number of amides is 1. The van der Waals surface area contributed by atoms with Crippen LogP contribution in [0.3, 0.4) is 0 Å². The van der Waals surface area contributed by atoms with Crippen LogP contribution >= 0.6 is 0 Å². The van der Waals surface area contributed by atoms with E-state index < -0.39 is 17.4 Å². The Morgan fingerprint density at radius 1 is 1.20 bits per heavy atom. The molecule has 0 saturated carbocycles. The lowest BCUT2D eigenvalue weighted by Gasteiger charge is -2.28. The number of methoxy groups -OCH3 is 2. The molecule has 25 heavy (non-hydrogen) atoms. The predicted molar refractivity (Wildman–Crippen MR) is 91.4 cm³/mol. The molecule has 1 saturated heterocycles. The Morgan fingerprint density at radius 3 is 2.28 bits per heavy atom. The van der Waals surface area contributed by atoms with Crippen molar-refractivity contribution in [3.8, 4) is 0 Å². The van der Waals surface area contributed by atoms with E-state index in [0.29, 0.717) is 13.0 Å². The number of nitrogens with zero attached hydrogens (tertiary/aromatic N) is 1. The monoisotopic (exact) mass is 347 g/mol. The van der Waals surface area contributed by atoms with Gasteiger partial charge < -0.3 is 14.4 Å². The molecule has 1 aliphatic heterocycles. The van der Waals surface area contributed by atoms with Crippen LogP contribution in [0.15, 0.2) is 30.3 Å². The molecule has 1 heterocycles. The van der Waals surface area contributed by atoms with Gasteiger partial charge in [0.25, 0.3) is 0 Å². The summed E-state index contributed by atoms with van der Waals surface area (Å²) in [6.45, 7) is 3.99. The summed E-state index contributed by atoms with van der Waals surface area (Å²) >= 11 is 0. The maximum absolute atomic E-state index is 12.5. The lowest BCUT2D eigenvalue weighted by Crippen LogP contribution is -2.40. The molecule has 1 amide bonds. The number of rotatable bonds is 6. The molecular formula is C19H25NO5. The summed E-state index contributed by atoms with van der Waals surface area (Å²) in [5.74, 6) is -1.36. The SMILES string of the molecule is COC(=O)C(C)(CC1CC(=O)N(C(C)c2ccccc2)C1)C(=O)OC. The highest BCUT2D eigenvalue weighted by Crippen LogP contribution is 2.36. The van der Waals surface area contributed by atoms with Crippen molar-refractivity contribution in [3.05, 3.63) is 35.9 Å². The molecule has 0 aliphatic carbocycles. The van der Waals surface area contributed by atoms with Crippen molar-refractivity contribution in [1.82, 2.24) is 4.90 Å². The second-order valence-corrected chi connectivity index (χ2v) is 6.72. The summed E-state index contributed by atoms with van der Waals surface area (Å²) < 4.78 is 9.56. The lowest BCUT2D eigenvalue weighted by molar-refractivity contribution is -0.169. The van der Waals surface area contributed by atoms with Gasteiger partial charge in [-0.15, -0.1) is 0 Å². The molecule has 0 N–H and O–H groups in total. The third kappa shape index (κ3) is 3.83. The van der Waals surface area contributed by atoms with Crippen LogP contribution < -0.4 is 0 Å². The zero-order chi connectivity index (χ0) is 18.6. The van der Waals surface area contributed by atoms with E-state index in [0.717, 1.165) is 5.56 Å². The van der Waals surface area contributed by atoms with Crippen molar-refractivity contribution in [2.24, 2.45) is 11.3 Å². The Balaban J connectivity index is 2.13. The van der Waals surface area contributed by atoms with Gasteiger partial charge in [0.2, 0.25) is 5.91 Å². The van der Waals surface area contributed by atoms with Crippen molar-refractivity contribution >= 4 is 17.8 Å². The Labute approximate surface area is 148 Å². The molecule has 2 atom stereocenters. The third-order valence-corrected chi connectivity index (χ3v) is 4.96. The second-order valence-electron chi connectivity index (χ2n) is 6.72. The maximum Gasteiger partial charge on any atom is 0.322 e.